The van der Waals surface area contributed by atoms with Crippen LogP contribution in [0.3, 0.4) is 0 Å². The number of amides is 1. The van der Waals surface area contributed by atoms with Crippen LogP contribution < -0.4 is 5.32 Å². The first-order valence-corrected chi connectivity index (χ1v) is 7.64. The molecule has 0 radical (unpaired) electrons. The molecule has 1 heterocycles. The van der Waals surface area contributed by atoms with Crippen LogP contribution in [0, 0.1) is 0 Å². The van der Waals surface area contributed by atoms with E-state index in [9.17, 15) is 9.90 Å². The molecule has 2 N–H and O–H groups in total. The molecular weight excluding hydrogens is 298 g/mol. The number of carbonyl (C=O) groups is 1. The zero-order valence-electron chi connectivity index (χ0n) is 13.1. The fraction of sp³-hybridized carbons (Fsp3) is 0.471. The summed E-state index contributed by atoms with van der Waals surface area (Å²) in [5.74, 6) is -0.795. The van der Waals surface area contributed by atoms with Gasteiger partial charge in [-0.3, -0.25) is 0 Å². The van der Waals surface area contributed by atoms with Crippen LogP contribution in [0.1, 0.15) is 19.4 Å². The number of carbonyl (C=O) groups excluding carboxylic acids is 1. The third kappa shape index (κ3) is 3.72. The number of benzene rings is 1. The van der Waals surface area contributed by atoms with Gasteiger partial charge in [0, 0.05) is 0 Å². The Labute approximate surface area is 135 Å². The molecule has 4 atom stereocenters. The number of fused-ring (bicyclic) bond motifs is 1. The van der Waals surface area contributed by atoms with Gasteiger partial charge in [0.15, 0.2) is 5.79 Å². The molecular formula is C17H21NO5. The van der Waals surface area contributed by atoms with Crippen LogP contribution in [0.2, 0.25) is 0 Å². The van der Waals surface area contributed by atoms with Crippen molar-refractivity contribution in [2.45, 2.75) is 50.6 Å². The van der Waals surface area contributed by atoms with Crippen LogP contribution in [0.15, 0.2) is 42.5 Å². The van der Waals surface area contributed by atoms with Crippen LogP contribution in [0.25, 0.3) is 0 Å². The molecule has 23 heavy (non-hydrogen) atoms. The van der Waals surface area contributed by atoms with Crippen molar-refractivity contribution in [1.82, 2.24) is 5.32 Å². The molecule has 1 aromatic rings. The molecule has 1 aromatic carbocycles. The summed E-state index contributed by atoms with van der Waals surface area (Å²) in [4.78, 5) is 12.0. The van der Waals surface area contributed by atoms with Gasteiger partial charge in [-0.15, -0.1) is 0 Å². The highest BCUT2D eigenvalue weighted by molar-refractivity contribution is 5.68. The van der Waals surface area contributed by atoms with Gasteiger partial charge in [0.25, 0.3) is 0 Å². The second kappa shape index (κ2) is 6.31. The van der Waals surface area contributed by atoms with Crippen LogP contribution in [-0.2, 0) is 20.8 Å². The zero-order valence-corrected chi connectivity index (χ0v) is 13.1. The first kappa shape index (κ1) is 16.0. The Morgan fingerprint density at radius 2 is 1.91 bits per heavy atom. The molecule has 0 bridgehead atoms. The summed E-state index contributed by atoms with van der Waals surface area (Å²) in [7, 11) is 0. The third-order valence-corrected chi connectivity index (χ3v) is 3.87. The fourth-order valence-electron chi connectivity index (χ4n) is 2.84. The Hall–Kier alpha value is -1.89. The van der Waals surface area contributed by atoms with E-state index in [0.717, 1.165) is 5.56 Å². The predicted octanol–water partition coefficient (Wildman–Crippen LogP) is 1.73. The van der Waals surface area contributed by atoms with E-state index in [4.69, 9.17) is 14.2 Å². The van der Waals surface area contributed by atoms with Crippen LogP contribution in [0.5, 0.6) is 0 Å². The van der Waals surface area contributed by atoms with Gasteiger partial charge in [0.05, 0.1) is 6.04 Å². The summed E-state index contributed by atoms with van der Waals surface area (Å²) in [6.07, 6.45) is 1.07. The van der Waals surface area contributed by atoms with Crippen molar-refractivity contribution in [1.29, 1.82) is 0 Å². The second-order valence-corrected chi connectivity index (χ2v) is 6.17. The van der Waals surface area contributed by atoms with Gasteiger partial charge in [0.2, 0.25) is 0 Å². The largest absolute Gasteiger partial charge is 0.445 e. The maximum absolute atomic E-state index is 12.0. The molecule has 1 aliphatic carbocycles. The molecule has 0 aromatic heterocycles. The number of rotatable bonds is 3. The number of nitrogens with one attached hydrogen (secondary N) is 1. The van der Waals surface area contributed by atoms with Gasteiger partial charge >= 0.3 is 6.09 Å². The van der Waals surface area contributed by atoms with Crippen molar-refractivity contribution >= 4 is 6.09 Å². The lowest BCUT2D eigenvalue weighted by Crippen LogP contribution is -2.52. The van der Waals surface area contributed by atoms with Crippen molar-refractivity contribution in [2.75, 3.05) is 0 Å². The van der Waals surface area contributed by atoms with Crippen molar-refractivity contribution < 1.29 is 24.1 Å². The Bertz CT molecular complexity index is 586. The maximum atomic E-state index is 12.0. The number of ether oxygens (including phenoxy) is 3. The van der Waals surface area contributed by atoms with Gasteiger partial charge in [-0.2, -0.15) is 0 Å². The van der Waals surface area contributed by atoms with Crippen LogP contribution in [0.4, 0.5) is 4.79 Å². The second-order valence-electron chi connectivity index (χ2n) is 6.17. The Morgan fingerprint density at radius 3 is 2.65 bits per heavy atom. The average Bonchev–Trinajstić information content (AvgIpc) is 2.86. The minimum absolute atomic E-state index is 0.197. The standard InChI is InChI=1S/C17H21NO5/c1-17(2)22-14-12(8-9-13(19)15(14)23-17)18-16(20)21-10-11-6-4-3-5-7-11/h3-9,12-15,19H,10H2,1-2H3,(H,18,20)/t12-,13+,14+,15-/m0/s1. The molecule has 2 aliphatic rings. The molecule has 3 rings (SSSR count). The highest BCUT2D eigenvalue weighted by atomic mass is 16.8. The molecule has 1 amide bonds. The molecule has 0 unspecified atom stereocenters. The van der Waals surface area contributed by atoms with Gasteiger partial charge in [-0.05, 0) is 19.4 Å². The molecule has 1 saturated heterocycles. The van der Waals surface area contributed by atoms with Crippen molar-refractivity contribution in [3.63, 3.8) is 0 Å². The fourth-order valence-corrected chi connectivity index (χ4v) is 2.84. The van der Waals surface area contributed by atoms with E-state index in [1.807, 2.05) is 30.3 Å². The quantitative estimate of drug-likeness (QED) is 0.830. The van der Waals surface area contributed by atoms with E-state index >= 15 is 0 Å². The van der Waals surface area contributed by atoms with Crippen molar-refractivity contribution in [2.24, 2.45) is 0 Å². The Morgan fingerprint density at radius 1 is 1.22 bits per heavy atom. The molecule has 0 spiro atoms. The third-order valence-electron chi connectivity index (χ3n) is 3.87. The van der Waals surface area contributed by atoms with E-state index in [1.54, 1.807) is 26.0 Å². The lowest BCUT2D eigenvalue weighted by atomic mass is 9.94. The zero-order chi connectivity index (χ0) is 16.4. The Kier molecular flexibility index (Phi) is 4.39. The number of aliphatic hydroxyl groups excluding tert-OH is 1. The molecule has 0 saturated carbocycles. The van der Waals surface area contributed by atoms with E-state index < -0.39 is 36.2 Å². The summed E-state index contributed by atoms with van der Waals surface area (Å²) in [5.41, 5.74) is 0.914. The summed E-state index contributed by atoms with van der Waals surface area (Å²) in [5, 5.41) is 12.7. The highest BCUT2D eigenvalue weighted by Crippen LogP contribution is 2.34. The minimum atomic E-state index is -0.795. The molecule has 124 valence electrons. The number of aliphatic hydroxyl groups is 1. The molecule has 1 aliphatic heterocycles. The van der Waals surface area contributed by atoms with Crippen molar-refractivity contribution in [3.8, 4) is 0 Å². The average molecular weight is 319 g/mol. The number of alkyl carbamates (subject to hydrolysis) is 1. The summed E-state index contributed by atoms with van der Waals surface area (Å²) < 4.78 is 16.7. The first-order valence-electron chi connectivity index (χ1n) is 7.64. The van der Waals surface area contributed by atoms with Gasteiger partial charge in [-0.1, -0.05) is 42.5 Å². The number of hydrogen-bond acceptors (Lipinski definition) is 5. The molecule has 1 fully saturated rings. The molecule has 6 nitrogen and oxygen atoms in total. The van der Waals surface area contributed by atoms with Crippen LogP contribution in [-0.4, -0.2) is 41.3 Å². The van der Waals surface area contributed by atoms with Gasteiger partial charge < -0.3 is 24.6 Å². The summed E-state index contributed by atoms with van der Waals surface area (Å²) >= 11 is 0. The molecule has 6 heteroatoms. The smallest absolute Gasteiger partial charge is 0.408 e. The van der Waals surface area contributed by atoms with E-state index in [1.165, 1.54) is 0 Å². The lowest BCUT2D eigenvalue weighted by molar-refractivity contribution is -0.152. The lowest BCUT2D eigenvalue weighted by Gasteiger charge is -2.30. The number of hydrogen-bond donors (Lipinski definition) is 2. The normalized spacial score (nSPS) is 31.4. The van der Waals surface area contributed by atoms with E-state index in [2.05, 4.69) is 5.32 Å². The van der Waals surface area contributed by atoms with Gasteiger partial charge in [-0.25, -0.2) is 4.79 Å². The van der Waals surface area contributed by atoms with Crippen LogP contribution >= 0.6 is 0 Å². The Balaban J connectivity index is 1.58. The SMILES string of the molecule is CC1(C)O[C@@H]2[C@H](O1)[C@@H](NC(=O)OCc1ccccc1)C=C[C@H]2O. The van der Waals surface area contributed by atoms with Crippen molar-refractivity contribution in [3.05, 3.63) is 48.0 Å². The topological polar surface area (TPSA) is 77.0 Å². The highest BCUT2D eigenvalue weighted by Gasteiger charge is 2.49. The van der Waals surface area contributed by atoms with Gasteiger partial charge in [0.1, 0.15) is 24.9 Å². The van der Waals surface area contributed by atoms with E-state index in [-0.39, 0.29) is 6.61 Å². The maximum Gasteiger partial charge on any atom is 0.408 e. The minimum Gasteiger partial charge on any atom is -0.445 e. The summed E-state index contributed by atoms with van der Waals surface area (Å²) in [6.45, 7) is 3.76. The predicted molar refractivity (Wildman–Crippen MR) is 82.5 cm³/mol. The van der Waals surface area contributed by atoms with E-state index in [0.29, 0.717) is 0 Å². The first-order chi connectivity index (χ1) is 10.9. The summed E-state index contributed by atoms with van der Waals surface area (Å²) in [6, 6.07) is 9.04. The monoisotopic (exact) mass is 319 g/mol.